The van der Waals surface area contributed by atoms with E-state index < -0.39 is 0 Å². The first-order chi connectivity index (χ1) is 8.92. The molecule has 0 amide bonds. The number of hydrogen-bond donors (Lipinski definition) is 1. The van der Waals surface area contributed by atoms with Crippen LogP contribution >= 0.6 is 0 Å². The number of hydrogen-bond acceptors (Lipinski definition) is 2. The van der Waals surface area contributed by atoms with E-state index in [2.05, 4.69) is 29.6 Å². The smallest absolute Gasteiger partial charge is 0.133 e. The number of benzene rings is 1. The van der Waals surface area contributed by atoms with E-state index in [1.165, 1.54) is 37.9 Å². The predicted molar refractivity (Wildman–Crippen MR) is 73.4 cm³/mol. The van der Waals surface area contributed by atoms with E-state index in [-0.39, 0.29) is 0 Å². The van der Waals surface area contributed by atoms with Gasteiger partial charge in [-0.25, -0.2) is 0 Å². The van der Waals surface area contributed by atoms with Crippen LogP contribution < -0.4 is 5.32 Å². The Morgan fingerprint density at radius 3 is 2.50 bits per heavy atom. The van der Waals surface area contributed by atoms with Crippen molar-refractivity contribution in [1.29, 1.82) is 0 Å². The van der Waals surface area contributed by atoms with Gasteiger partial charge in [0, 0.05) is 5.56 Å². The lowest BCUT2D eigenvalue weighted by atomic mass is 9.91. The van der Waals surface area contributed by atoms with Crippen molar-refractivity contribution in [1.82, 2.24) is 5.32 Å². The SMILES string of the molecule is c1coc(-c2ccc(CC3CCNCC3)cc2)c1. The van der Waals surface area contributed by atoms with Gasteiger partial charge in [-0.3, -0.25) is 0 Å². The molecule has 0 atom stereocenters. The summed E-state index contributed by atoms with van der Waals surface area (Å²) in [6.07, 6.45) is 5.54. The van der Waals surface area contributed by atoms with Gasteiger partial charge >= 0.3 is 0 Å². The van der Waals surface area contributed by atoms with Gasteiger partial charge in [0.05, 0.1) is 6.26 Å². The molecule has 0 saturated carbocycles. The molecule has 1 aromatic carbocycles. The lowest BCUT2D eigenvalue weighted by molar-refractivity contribution is 0.372. The van der Waals surface area contributed by atoms with Gasteiger partial charge in [-0.2, -0.15) is 0 Å². The monoisotopic (exact) mass is 241 g/mol. The maximum atomic E-state index is 5.40. The van der Waals surface area contributed by atoms with Gasteiger partial charge in [0.15, 0.2) is 0 Å². The van der Waals surface area contributed by atoms with Gasteiger partial charge in [-0.05, 0) is 56.0 Å². The molecule has 1 N–H and O–H groups in total. The highest BCUT2D eigenvalue weighted by atomic mass is 16.3. The molecule has 2 heteroatoms. The van der Waals surface area contributed by atoms with Crippen molar-refractivity contribution in [3.8, 4) is 11.3 Å². The minimum atomic E-state index is 0.848. The fourth-order valence-corrected chi connectivity index (χ4v) is 2.67. The van der Waals surface area contributed by atoms with E-state index in [1.807, 2.05) is 12.1 Å². The van der Waals surface area contributed by atoms with E-state index in [1.54, 1.807) is 6.26 Å². The van der Waals surface area contributed by atoms with Crippen molar-refractivity contribution < 1.29 is 4.42 Å². The first-order valence-electron chi connectivity index (χ1n) is 6.75. The fraction of sp³-hybridized carbons (Fsp3) is 0.375. The average Bonchev–Trinajstić information content (AvgIpc) is 2.95. The topological polar surface area (TPSA) is 25.2 Å². The van der Waals surface area contributed by atoms with E-state index in [9.17, 15) is 0 Å². The normalized spacial score (nSPS) is 16.9. The van der Waals surface area contributed by atoms with Crippen LogP contribution in [0.15, 0.2) is 47.1 Å². The Kier molecular flexibility index (Phi) is 3.47. The van der Waals surface area contributed by atoms with Crippen LogP contribution in [-0.4, -0.2) is 13.1 Å². The van der Waals surface area contributed by atoms with E-state index >= 15 is 0 Å². The Labute approximate surface area is 108 Å². The molecular weight excluding hydrogens is 222 g/mol. The fourth-order valence-electron chi connectivity index (χ4n) is 2.67. The lowest BCUT2D eigenvalue weighted by Crippen LogP contribution is -2.28. The van der Waals surface area contributed by atoms with E-state index in [0.717, 1.165) is 17.2 Å². The third kappa shape index (κ3) is 2.65. The largest absolute Gasteiger partial charge is 0.464 e. The molecule has 2 aromatic rings. The van der Waals surface area contributed by atoms with Gasteiger partial charge in [0.2, 0.25) is 0 Å². The van der Waals surface area contributed by atoms with Crippen LogP contribution in [0.25, 0.3) is 11.3 Å². The highest BCUT2D eigenvalue weighted by Gasteiger charge is 2.13. The van der Waals surface area contributed by atoms with E-state index in [4.69, 9.17) is 4.42 Å². The Morgan fingerprint density at radius 1 is 1.06 bits per heavy atom. The quantitative estimate of drug-likeness (QED) is 0.890. The summed E-state index contributed by atoms with van der Waals surface area (Å²) in [7, 11) is 0. The molecule has 1 fully saturated rings. The zero-order valence-electron chi connectivity index (χ0n) is 10.6. The predicted octanol–water partition coefficient (Wildman–Crippen LogP) is 3.49. The maximum absolute atomic E-state index is 5.40. The second-order valence-electron chi connectivity index (χ2n) is 5.07. The molecule has 2 heterocycles. The summed E-state index contributed by atoms with van der Waals surface area (Å²) in [5, 5.41) is 3.42. The Hall–Kier alpha value is -1.54. The molecule has 1 aliphatic rings. The zero-order chi connectivity index (χ0) is 12.2. The third-order valence-electron chi connectivity index (χ3n) is 3.74. The lowest BCUT2D eigenvalue weighted by Gasteiger charge is -2.22. The van der Waals surface area contributed by atoms with Crippen molar-refractivity contribution in [3.63, 3.8) is 0 Å². The molecule has 1 saturated heterocycles. The summed E-state index contributed by atoms with van der Waals surface area (Å²) in [6, 6.07) is 12.7. The first kappa shape index (κ1) is 11.5. The van der Waals surface area contributed by atoms with Crippen LogP contribution in [-0.2, 0) is 6.42 Å². The second-order valence-corrected chi connectivity index (χ2v) is 5.07. The maximum Gasteiger partial charge on any atom is 0.133 e. The van der Waals surface area contributed by atoms with Crippen molar-refractivity contribution in [2.45, 2.75) is 19.3 Å². The number of nitrogens with one attached hydrogen (secondary N) is 1. The van der Waals surface area contributed by atoms with E-state index in [0.29, 0.717) is 0 Å². The van der Waals surface area contributed by atoms with Crippen molar-refractivity contribution in [2.24, 2.45) is 5.92 Å². The molecule has 0 radical (unpaired) electrons. The summed E-state index contributed by atoms with van der Waals surface area (Å²) >= 11 is 0. The van der Waals surface area contributed by atoms with Crippen LogP contribution in [0.1, 0.15) is 18.4 Å². The highest BCUT2D eigenvalue weighted by Crippen LogP contribution is 2.22. The van der Waals surface area contributed by atoms with Crippen molar-refractivity contribution >= 4 is 0 Å². The average molecular weight is 241 g/mol. The third-order valence-corrected chi connectivity index (χ3v) is 3.74. The van der Waals surface area contributed by atoms with Crippen LogP contribution in [0.2, 0.25) is 0 Å². The minimum absolute atomic E-state index is 0.848. The van der Waals surface area contributed by atoms with Crippen LogP contribution in [0.4, 0.5) is 0 Å². The summed E-state index contributed by atoms with van der Waals surface area (Å²) in [5.74, 6) is 1.80. The molecular formula is C16H19NO. The summed E-state index contributed by atoms with van der Waals surface area (Å²) in [6.45, 7) is 2.35. The summed E-state index contributed by atoms with van der Waals surface area (Å²) in [5.41, 5.74) is 2.60. The van der Waals surface area contributed by atoms with Gasteiger partial charge in [-0.1, -0.05) is 24.3 Å². The standard InChI is InChI=1S/C16H19NO/c1-2-16(18-11-1)15-5-3-13(4-6-15)12-14-7-9-17-10-8-14/h1-6,11,14,17H,7-10,12H2. The van der Waals surface area contributed by atoms with Crippen LogP contribution in [0, 0.1) is 5.92 Å². The van der Waals surface area contributed by atoms with Crippen LogP contribution in [0.3, 0.4) is 0 Å². The van der Waals surface area contributed by atoms with Crippen LogP contribution in [0.5, 0.6) is 0 Å². The number of piperidine rings is 1. The molecule has 0 bridgehead atoms. The molecule has 2 nitrogen and oxygen atoms in total. The molecule has 0 spiro atoms. The highest BCUT2D eigenvalue weighted by molar-refractivity contribution is 5.57. The second kappa shape index (κ2) is 5.40. The Morgan fingerprint density at radius 2 is 1.83 bits per heavy atom. The molecule has 1 aromatic heterocycles. The Bertz CT molecular complexity index is 466. The van der Waals surface area contributed by atoms with Gasteiger partial charge < -0.3 is 9.73 Å². The summed E-state index contributed by atoms with van der Waals surface area (Å²) in [4.78, 5) is 0. The molecule has 0 aliphatic carbocycles. The van der Waals surface area contributed by atoms with Crippen molar-refractivity contribution in [3.05, 3.63) is 48.2 Å². The van der Waals surface area contributed by atoms with Gasteiger partial charge in [0.25, 0.3) is 0 Å². The Balaban J connectivity index is 1.67. The minimum Gasteiger partial charge on any atom is -0.464 e. The number of rotatable bonds is 3. The first-order valence-corrected chi connectivity index (χ1v) is 6.75. The number of furan rings is 1. The molecule has 94 valence electrons. The summed E-state index contributed by atoms with van der Waals surface area (Å²) < 4.78 is 5.40. The molecule has 18 heavy (non-hydrogen) atoms. The van der Waals surface area contributed by atoms with Crippen molar-refractivity contribution in [2.75, 3.05) is 13.1 Å². The van der Waals surface area contributed by atoms with Gasteiger partial charge in [0.1, 0.15) is 5.76 Å². The van der Waals surface area contributed by atoms with Gasteiger partial charge in [-0.15, -0.1) is 0 Å². The molecule has 3 rings (SSSR count). The molecule has 1 aliphatic heterocycles. The zero-order valence-corrected chi connectivity index (χ0v) is 10.6. The molecule has 0 unspecified atom stereocenters.